The molecule has 0 saturated carbocycles. The van der Waals surface area contributed by atoms with Crippen LogP contribution in [0.15, 0.2) is 48.8 Å². The van der Waals surface area contributed by atoms with E-state index in [0.717, 1.165) is 22.7 Å². The highest BCUT2D eigenvalue weighted by Crippen LogP contribution is 2.17. The van der Waals surface area contributed by atoms with Crippen LogP contribution < -0.4 is 0 Å². The van der Waals surface area contributed by atoms with Crippen molar-refractivity contribution in [2.24, 2.45) is 0 Å². The molecule has 0 aliphatic rings. The number of benzene rings is 1. The second-order valence-corrected chi connectivity index (χ2v) is 3.77. The Bertz CT molecular complexity index is 626. The van der Waals surface area contributed by atoms with Crippen molar-refractivity contribution in [2.75, 3.05) is 0 Å². The van der Waals surface area contributed by atoms with Crippen LogP contribution in [-0.2, 0) is 0 Å². The Morgan fingerprint density at radius 1 is 1.00 bits per heavy atom. The molecule has 0 radical (unpaired) electrons. The Kier molecular flexibility index (Phi) is 1.96. The molecule has 3 heteroatoms. The van der Waals surface area contributed by atoms with Crippen LogP contribution in [-0.4, -0.2) is 14.4 Å². The van der Waals surface area contributed by atoms with Crippen LogP contribution in [0, 0.1) is 6.92 Å². The monoisotopic (exact) mass is 209 g/mol. The van der Waals surface area contributed by atoms with Gasteiger partial charge in [-0.3, -0.25) is 4.40 Å². The van der Waals surface area contributed by atoms with Gasteiger partial charge in [0.2, 0.25) is 5.78 Å². The van der Waals surface area contributed by atoms with Gasteiger partial charge >= 0.3 is 0 Å². The molecule has 78 valence electrons. The van der Waals surface area contributed by atoms with Gasteiger partial charge in [0, 0.05) is 23.7 Å². The third-order valence-electron chi connectivity index (χ3n) is 2.54. The Morgan fingerprint density at radius 2 is 1.81 bits per heavy atom. The molecule has 0 atom stereocenters. The molecule has 2 heterocycles. The number of nitrogens with zero attached hydrogens (tertiary/aromatic N) is 3. The van der Waals surface area contributed by atoms with Gasteiger partial charge in [-0.25, -0.2) is 9.97 Å². The van der Waals surface area contributed by atoms with Crippen molar-refractivity contribution in [3.63, 3.8) is 0 Å². The van der Waals surface area contributed by atoms with E-state index >= 15 is 0 Å². The molecule has 3 rings (SSSR count). The standard InChI is InChI=1S/C13H11N3/c1-10-7-8-16-9-12(15-13(16)14-10)11-5-3-2-4-6-11/h2-9H,1H3. The summed E-state index contributed by atoms with van der Waals surface area (Å²) in [6, 6.07) is 12.1. The van der Waals surface area contributed by atoms with E-state index in [0.29, 0.717) is 0 Å². The lowest BCUT2D eigenvalue weighted by atomic mass is 10.2. The summed E-state index contributed by atoms with van der Waals surface area (Å²) in [5, 5.41) is 0. The van der Waals surface area contributed by atoms with Crippen LogP contribution in [0.1, 0.15) is 5.69 Å². The molecule has 0 N–H and O–H groups in total. The summed E-state index contributed by atoms with van der Waals surface area (Å²) in [5.41, 5.74) is 3.06. The molecule has 0 aliphatic heterocycles. The van der Waals surface area contributed by atoms with Gasteiger partial charge in [0.1, 0.15) is 0 Å². The summed E-state index contributed by atoms with van der Waals surface area (Å²) in [6.07, 6.45) is 3.98. The Balaban J connectivity index is 2.19. The zero-order valence-corrected chi connectivity index (χ0v) is 8.96. The Hall–Kier alpha value is -2.16. The third kappa shape index (κ3) is 1.46. The normalized spacial score (nSPS) is 10.8. The van der Waals surface area contributed by atoms with E-state index in [9.17, 15) is 0 Å². The summed E-state index contributed by atoms with van der Waals surface area (Å²) in [4.78, 5) is 8.87. The second kappa shape index (κ2) is 3.45. The Labute approximate surface area is 93.4 Å². The van der Waals surface area contributed by atoms with E-state index in [1.165, 1.54) is 0 Å². The highest BCUT2D eigenvalue weighted by Gasteiger charge is 2.04. The van der Waals surface area contributed by atoms with Gasteiger partial charge in [0.15, 0.2) is 0 Å². The lowest BCUT2D eigenvalue weighted by Crippen LogP contribution is -1.88. The maximum atomic E-state index is 4.50. The van der Waals surface area contributed by atoms with Crippen molar-refractivity contribution >= 4 is 5.78 Å². The van der Waals surface area contributed by atoms with Crippen molar-refractivity contribution in [2.45, 2.75) is 6.92 Å². The number of imidazole rings is 1. The second-order valence-electron chi connectivity index (χ2n) is 3.77. The van der Waals surface area contributed by atoms with E-state index in [-0.39, 0.29) is 0 Å². The number of fused-ring (bicyclic) bond motifs is 1. The van der Waals surface area contributed by atoms with Gasteiger partial charge in [-0.05, 0) is 13.0 Å². The number of aryl methyl sites for hydroxylation is 1. The topological polar surface area (TPSA) is 30.2 Å². The summed E-state index contributed by atoms with van der Waals surface area (Å²) in [7, 11) is 0. The van der Waals surface area contributed by atoms with Crippen LogP contribution in [0.4, 0.5) is 0 Å². The third-order valence-corrected chi connectivity index (χ3v) is 2.54. The first-order valence-electron chi connectivity index (χ1n) is 5.21. The molecule has 2 aromatic heterocycles. The predicted molar refractivity (Wildman–Crippen MR) is 63.2 cm³/mol. The fourth-order valence-corrected chi connectivity index (χ4v) is 1.71. The molecule has 1 aromatic carbocycles. The minimum Gasteiger partial charge on any atom is -0.291 e. The highest BCUT2D eigenvalue weighted by atomic mass is 15.1. The van der Waals surface area contributed by atoms with E-state index in [2.05, 4.69) is 22.1 Å². The zero-order chi connectivity index (χ0) is 11.0. The smallest absolute Gasteiger partial charge is 0.234 e. The number of hydrogen-bond donors (Lipinski definition) is 0. The average Bonchev–Trinajstić information content (AvgIpc) is 2.73. The molecule has 0 bridgehead atoms. The maximum absolute atomic E-state index is 4.50. The minimum absolute atomic E-state index is 0.749. The molecule has 0 aliphatic carbocycles. The van der Waals surface area contributed by atoms with Crippen LogP contribution in [0.5, 0.6) is 0 Å². The fraction of sp³-hybridized carbons (Fsp3) is 0.0769. The lowest BCUT2D eigenvalue weighted by Gasteiger charge is -1.92. The summed E-state index contributed by atoms with van der Waals surface area (Å²) in [6.45, 7) is 1.97. The summed E-state index contributed by atoms with van der Waals surface area (Å²) >= 11 is 0. The molecule has 0 fully saturated rings. The Morgan fingerprint density at radius 3 is 2.62 bits per heavy atom. The molecular weight excluding hydrogens is 198 g/mol. The first-order valence-corrected chi connectivity index (χ1v) is 5.21. The van der Waals surface area contributed by atoms with Crippen LogP contribution in [0.25, 0.3) is 17.0 Å². The molecule has 0 spiro atoms. The van der Waals surface area contributed by atoms with E-state index in [4.69, 9.17) is 0 Å². The molecule has 3 aromatic rings. The van der Waals surface area contributed by atoms with Crippen molar-refractivity contribution in [1.29, 1.82) is 0 Å². The van der Waals surface area contributed by atoms with Crippen molar-refractivity contribution in [3.8, 4) is 11.3 Å². The predicted octanol–water partition coefficient (Wildman–Crippen LogP) is 2.70. The quantitative estimate of drug-likeness (QED) is 0.616. The van der Waals surface area contributed by atoms with Crippen LogP contribution in [0.2, 0.25) is 0 Å². The van der Waals surface area contributed by atoms with Crippen LogP contribution >= 0.6 is 0 Å². The van der Waals surface area contributed by atoms with E-state index < -0.39 is 0 Å². The molecule has 3 nitrogen and oxygen atoms in total. The van der Waals surface area contributed by atoms with Crippen molar-refractivity contribution in [3.05, 3.63) is 54.5 Å². The average molecular weight is 209 g/mol. The summed E-state index contributed by atoms with van der Waals surface area (Å²) in [5.74, 6) is 0.749. The largest absolute Gasteiger partial charge is 0.291 e. The molecule has 0 saturated heterocycles. The van der Waals surface area contributed by atoms with Gasteiger partial charge < -0.3 is 0 Å². The first-order chi connectivity index (χ1) is 7.83. The molecular formula is C13H11N3. The van der Waals surface area contributed by atoms with E-state index in [1.807, 2.05) is 48.0 Å². The first kappa shape index (κ1) is 9.09. The number of hydrogen-bond acceptors (Lipinski definition) is 2. The van der Waals surface area contributed by atoms with Crippen molar-refractivity contribution in [1.82, 2.24) is 14.4 Å². The lowest BCUT2D eigenvalue weighted by molar-refractivity contribution is 1.07. The minimum atomic E-state index is 0.749. The number of rotatable bonds is 1. The van der Waals surface area contributed by atoms with Gasteiger partial charge in [-0.2, -0.15) is 0 Å². The van der Waals surface area contributed by atoms with Crippen molar-refractivity contribution < 1.29 is 0 Å². The van der Waals surface area contributed by atoms with Gasteiger partial charge in [-0.15, -0.1) is 0 Å². The summed E-state index contributed by atoms with van der Waals surface area (Å²) < 4.78 is 1.94. The molecule has 0 amide bonds. The van der Waals surface area contributed by atoms with Gasteiger partial charge in [-0.1, -0.05) is 30.3 Å². The zero-order valence-electron chi connectivity index (χ0n) is 8.96. The van der Waals surface area contributed by atoms with E-state index in [1.54, 1.807) is 0 Å². The SMILES string of the molecule is Cc1ccn2cc(-c3ccccc3)nc2n1. The number of aromatic nitrogens is 3. The van der Waals surface area contributed by atoms with Gasteiger partial charge in [0.25, 0.3) is 0 Å². The van der Waals surface area contributed by atoms with Crippen LogP contribution in [0.3, 0.4) is 0 Å². The highest BCUT2D eigenvalue weighted by molar-refractivity contribution is 5.61. The fourth-order valence-electron chi connectivity index (χ4n) is 1.71. The maximum Gasteiger partial charge on any atom is 0.234 e. The molecule has 16 heavy (non-hydrogen) atoms. The van der Waals surface area contributed by atoms with Gasteiger partial charge in [0.05, 0.1) is 5.69 Å². The molecule has 0 unspecified atom stereocenters.